The van der Waals surface area contributed by atoms with E-state index in [1.165, 1.54) is 11.8 Å². The average Bonchev–Trinajstić information content (AvgIpc) is 3.39. The molecule has 31 heavy (non-hydrogen) atoms. The molecular formula is C22H21ClN6OS. The van der Waals surface area contributed by atoms with E-state index in [1.807, 2.05) is 67.1 Å². The van der Waals surface area contributed by atoms with Crippen molar-refractivity contribution >= 4 is 35.0 Å². The largest absolute Gasteiger partial charge is 0.331 e. The summed E-state index contributed by atoms with van der Waals surface area (Å²) in [6, 6.07) is 13.6. The third kappa shape index (κ3) is 5.15. The zero-order valence-corrected chi connectivity index (χ0v) is 18.7. The number of aromatic nitrogens is 5. The van der Waals surface area contributed by atoms with Gasteiger partial charge in [0.1, 0.15) is 12.2 Å². The molecule has 0 saturated heterocycles. The van der Waals surface area contributed by atoms with Gasteiger partial charge in [0.15, 0.2) is 5.16 Å². The van der Waals surface area contributed by atoms with Crippen molar-refractivity contribution in [3.05, 3.63) is 83.2 Å². The summed E-state index contributed by atoms with van der Waals surface area (Å²) in [6.07, 6.45) is 5.35. The van der Waals surface area contributed by atoms with E-state index in [-0.39, 0.29) is 11.7 Å². The molecule has 4 rings (SSSR count). The lowest BCUT2D eigenvalue weighted by Gasteiger charge is -2.09. The van der Waals surface area contributed by atoms with E-state index >= 15 is 0 Å². The van der Waals surface area contributed by atoms with Crippen LogP contribution in [-0.2, 0) is 11.3 Å². The molecule has 1 N–H and O–H groups in total. The number of amides is 1. The Morgan fingerprint density at radius 3 is 2.68 bits per heavy atom. The van der Waals surface area contributed by atoms with Crippen LogP contribution in [0, 0.1) is 13.8 Å². The Hall–Kier alpha value is -3.10. The normalized spacial score (nSPS) is 10.9. The van der Waals surface area contributed by atoms with Gasteiger partial charge in [0, 0.05) is 29.6 Å². The van der Waals surface area contributed by atoms with Crippen LogP contribution in [0.15, 0.2) is 66.3 Å². The predicted octanol–water partition coefficient (Wildman–Crippen LogP) is 4.51. The fourth-order valence-corrected chi connectivity index (χ4v) is 3.92. The van der Waals surface area contributed by atoms with Gasteiger partial charge < -0.3 is 9.88 Å². The van der Waals surface area contributed by atoms with Crippen LogP contribution in [0.2, 0.25) is 5.02 Å². The lowest BCUT2D eigenvalue weighted by Crippen LogP contribution is -2.14. The molecule has 2 heterocycles. The first-order valence-electron chi connectivity index (χ1n) is 9.65. The molecular weight excluding hydrogens is 432 g/mol. The standard InChI is InChI=1S/C22H21ClN6OS/c1-15-3-8-19(11-20(15)23)29-14-25-27-22(29)31-13-21(30)26-18-6-4-17(5-7-18)12-28-10-9-24-16(28)2/h3-11,14H,12-13H2,1-2H3,(H,26,30). The molecule has 0 atom stereocenters. The van der Waals surface area contributed by atoms with Crippen LogP contribution in [-0.4, -0.2) is 36.0 Å². The molecule has 0 aliphatic heterocycles. The number of imidazole rings is 1. The zero-order valence-electron chi connectivity index (χ0n) is 17.1. The number of nitrogens with zero attached hydrogens (tertiary/aromatic N) is 5. The van der Waals surface area contributed by atoms with E-state index in [9.17, 15) is 4.79 Å². The van der Waals surface area contributed by atoms with E-state index in [1.54, 1.807) is 12.5 Å². The lowest BCUT2D eigenvalue weighted by molar-refractivity contribution is -0.113. The molecule has 0 fully saturated rings. The third-order valence-corrected chi connectivity index (χ3v) is 6.15. The maximum Gasteiger partial charge on any atom is 0.234 e. The van der Waals surface area contributed by atoms with Gasteiger partial charge in [-0.1, -0.05) is 41.6 Å². The Labute approximate surface area is 189 Å². The van der Waals surface area contributed by atoms with Gasteiger partial charge in [0.2, 0.25) is 5.91 Å². The van der Waals surface area contributed by atoms with Gasteiger partial charge in [-0.05, 0) is 49.2 Å². The number of carbonyl (C=O) groups excluding carboxylic acids is 1. The molecule has 0 spiro atoms. The van der Waals surface area contributed by atoms with Crippen molar-refractivity contribution in [2.75, 3.05) is 11.1 Å². The van der Waals surface area contributed by atoms with E-state index < -0.39 is 0 Å². The number of hydrogen-bond donors (Lipinski definition) is 1. The topological polar surface area (TPSA) is 77.6 Å². The Morgan fingerprint density at radius 1 is 1.16 bits per heavy atom. The van der Waals surface area contributed by atoms with Crippen LogP contribution >= 0.6 is 23.4 Å². The summed E-state index contributed by atoms with van der Waals surface area (Å²) >= 11 is 7.55. The minimum absolute atomic E-state index is 0.111. The zero-order chi connectivity index (χ0) is 21.8. The molecule has 0 aliphatic rings. The molecule has 4 aromatic rings. The summed E-state index contributed by atoms with van der Waals surface area (Å²) in [5, 5.41) is 12.3. The molecule has 0 aliphatic carbocycles. The number of carbonyl (C=O) groups is 1. The van der Waals surface area contributed by atoms with Crippen molar-refractivity contribution in [2.24, 2.45) is 0 Å². The van der Waals surface area contributed by atoms with Crippen molar-refractivity contribution < 1.29 is 4.79 Å². The SMILES string of the molecule is Cc1ccc(-n2cnnc2SCC(=O)Nc2ccc(Cn3ccnc3C)cc2)cc1Cl. The second-order valence-electron chi connectivity index (χ2n) is 7.05. The van der Waals surface area contributed by atoms with E-state index in [2.05, 4.69) is 25.1 Å². The number of anilines is 1. The number of hydrogen-bond acceptors (Lipinski definition) is 5. The smallest absolute Gasteiger partial charge is 0.234 e. The Morgan fingerprint density at radius 2 is 1.97 bits per heavy atom. The maximum atomic E-state index is 12.4. The van der Waals surface area contributed by atoms with Crippen molar-refractivity contribution in [3.8, 4) is 5.69 Å². The van der Waals surface area contributed by atoms with Gasteiger partial charge in [-0.25, -0.2) is 4.98 Å². The highest BCUT2D eigenvalue weighted by molar-refractivity contribution is 7.99. The van der Waals surface area contributed by atoms with Gasteiger partial charge in [-0.2, -0.15) is 0 Å². The summed E-state index contributed by atoms with van der Waals surface area (Å²) in [4.78, 5) is 16.6. The Kier molecular flexibility index (Phi) is 6.39. The highest BCUT2D eigenvalue weighted by Gasteiger charge is 2.11. The first kappa shape index (κ1) is 21.1. The van der Waals surface area contributed by atoms with Crippen molar-refractivity contribution in [3.63, 3.8) is 0 Å². The molecule has 0 saturated carbocycles. The fraction of sp³-hybridized carbons (Fsp3) is 0.182. The number of aryl methyl sites for hydroxylation is 2. The Bertz CT molecular complexity index is 1200. The number of rotatable bonds is 7. The van der Waals surface area contributed by atoms with Crippen LogP contribution in [0.5, 0.6) is 0 Å². The lowest BCUT2D eigenvalue weighted by atomic mass is 10.2. The highest BCUT2D eigenvalue weighted by Crippen LogP contribution is 2.24. The first-order valence-corrected chi connectivity index (χ1v) is 11.0. The summed E-state index contributed by atoms with van der Waals surface area (Å²) in [5.41, 5.74) is 3.74. The minimum atomic E-state index is -0.111. The number of benzene rings is 2. The van der Waals surface area contributed by atoms with Gasteiger partial charge in [0.05, 0.1) is 11.4 Å². The molecule has 2 aromatic carbocycles. The van der Waals surface area contributed by atoms with E-state index in [0.717, 1.165) is 34.9 Å². The van der Waals surface area contributed by atoms with Crippen LogP contribution < -0.4 is 5.32 Å². The Balaban J connectivity index is 1.34. The molecule has 1 amide bonds. The quantitative estimate of drug-likeness (QED) is 0.417. The molecule has 0 bridgehead atoms. The fourth-order valence-electron chi connectivity index (χ4n) is 3.02. The molecule has 0 unspecified atom stereocenters. The third-order valence-electron chi connectivity index (χ3n) is 4.80. The summed E-state index contributed by atoms with van der Waals surface area (Å²) in [7, 11) is 0. The maximum absolute atomic E-state index is 12.4. The number of halogens is 1. The molecule has 158 valence electrons. The van der Waals surface area contributed by atoms with Gasteiger partial charge >= 0.3 is 0 Å². The van der Waals surface area contributed by atoms with Crippen LogP contribution in [0.25, 0.3) is 5.69 Å². The highest BCUT2D eigenvalue weighted by atomic mass is 35.5. The summed E-state index contributed by atoms with van der Waals surface area (Å²) in [5.74, 6) is 1.07. The van der Waals surface area contributed by atoms with Crippen molar-refractivity contribution in [1.29, 1.82) is 0 Å². The van der Waals surface area contributed by atoms with Crippen molar-refractivity contribution in [1.82, 2.24) is 24.3 Å². The minimum Gasteiger partial charge on any atom is -0.331 e. The predicted molar refractivity (Wildman–Crippen MR) is 123 cm³/mol. The van der Waals surface area contributed by atoms with E-state index in [4.69, 9.17) is 11.6 Å². The van der Waals surface area contributed by atoms with Crippen LogP contribution in [0.3, 0.4) is 0 Å². The monoisotopic (exact) mass is 452 g/mol. The molecule has 2 aromatic heterocycles. The van der Waals surface area contributed by atoms with E-state index in [0.29, 0.717) is 10.2 Å². The van der Waals surface area contributed by atoms with Gasteiger partial charge in [-0.3, -0.25) is 9.36 Å². The van der Waals surface area contributed by atoms with Gasteiger partial charge in [0.25, 0.3) is 0 Å². The molecule has 0 radical (unpaired) electrons. The first-order chi connectivity index (χ1) is 15.0. The van der Waals surface area contributed by atoms with Crippen LogP contribution in [0.4, 0.5) is 5.69 Å². The number of nitrogens with one attached hydrogen (secondary N) is 1. The summed E-state index contributed by atoms with van der Waals surface area (Å²) < 4.78 is 3.89. The van der Waals surface area contributed by atoms with Crippen molar-refractivity contribution in [2.45, 2.75) is 25.5 Å². The summed E-state index contributed by atoms with van der Waals surface area (Å²) in [6.45, 7) is 4.67. The van der Waals surface area contributed by atoms with Crippen LogP contribution in [0.1, 0.15) is 17.0 Å². The average molecular weight is 453 g/mol. The molecule has 7 nitrogen and oxygen atoms in total. The number of thioether (sulfide) groups is 1. The second-order valence-corrected chi connectivity index (χ2v) is 8.40. The second kappa shape index (κ2) is 9.36. The van der Waals surface area contributed by atoms with Gasteiger partial charge in [-0.15, -0.1) is 10.2 Å². The molecule has 9 heteroatoms.